The number of imidazole rings is 1. The third-order valence-electron chi connectivity index (χ3n) is 5.11. The highest BCUT2D eigenvalue weighted by Crippen LogP contribution is 2.23. The van der Waals surface area contributed by atoms with Crippen LogP contribution in [-0.4, -0.2) is 70.8 Å². The fraction of sp³-hybridized carbons (Fsp3) is 0.765. The molecule has 0 spiro atoms. The van der Waals surface area contributed by atoms with E-state index in [4.69, 9.17) is 4.74 Å². The maximum atomic E-state index is 12.5. The minimum absolute atomic E-state index is 0.0305. The van der Waals surface area contributed by atoms with Crippen LogP contribution in [0.5, 0.6) is 0 Å². The molecule has 2 aliphatic rings. The Hall–Kier alpha value is -1.60. The van der Waals surface area contributed by atoms with E-state index in [9.17, 15) is 4.79 Å². The minimum Gasteiger partial charge on any atom is -0.378 e. The molecule has 0 aliphatic carbocycles. The zero-order valence-electron chi connectivity index (χ0n) is 14.8. The Morgan fingerprint density at radius 1 is 1.46 bits per heavy atom. The van der Waals surface area contributed by atoms with Crippen LogP contribution in [0.2, 0.25) is 0 Å². The molecule has 1 N–H and O–H groups in total. The molecule has 2 aliphatic heterocycles. The second kappa shape index (κ2) is 7.98. The average molecular weight is 335 g/mol. The van der Waals surface area contributed by atoms with E-state index in [0.29, 0.717) is 19.2 Å². The van der Waals surface area contributed by atoms with Crippen LogP contribution in [0.4, 0.5) is 4.79 Å². The van der Waals surface area contributed by atoms with Crippen LogP contribution in [-0.2, 0) is 11.8 Å². The lowest BCUT2D eigenvalue weighted by atomic mass is 10.1. The van der Waals surface area contributed by atoms with Gasteiger partial charge in [-0.15, -0.1) is 0 Å². The number of nitrogens with one attached hydrogen (secondary N) is 1. The third kappa shape index (κ3) is 3.89. The van der Waals surface area contributed by atoms with Gasteiger partial charge in [0.25, 0.3) is 0 Å². The number of nitrogens with zero attached hydrogens (tertiary/aromatic N) is 4. The standard InChI is InChI=1S/C17H29N5O2/c1-3-21-10-11-22(13-15(21)16-18-8-9-20(16)2)17(23)19-7-6-14-5-4-12-24-14/h8-9,14-15H,3-7,10-13H2,1-2H3,(H,19,23)/t14-,15-/m0/s1. The van der Waals surface area contributed by atoms with Crippen molar-refractivity contribution >= 4 is 6.03 Å². The lowest BCUT2D eigenvalue weighted by molar-refractivity contribution is 0.0854. The predicted molar refractivity (Wildman–Crippen MR) is 91.8 cm³/mol. The summed E-state index contributed by atoms with van der Waals surface area (Å²) in [6.07, 6.45) is 7.27. The van der Waals surface area contributed by atoms with Crippen molar-refractivity contribution in [3.05, 3.63) is 18.2 Å². The number of likely N-dealkylation sites (N-methyl/N-ethyl adjacent to an activating group) is 1. The summed E-state index contributed by atoms with van der Waals surface area (Å²) in [5.41, 5.74) is 0. The zero-order chi connectivity index (χ0) is 16.9. The van der Waals surface area contributed by atoms with Gasteiger partial charge in [0.2, 0.25) is 0 Å². The Balaban J connectivity index is 1.54. The second-order valence-corrected chi connectivity index (χ2v) is 6.64. The molecule has 2 amide bonds. The summed E-state index contributed by atoms with van der Waals surface area (Å²) < 4.78 is 7.65. The van der Waals surface area contributed by atoms with Crippen LogP contribution in [0.1, 0.15) is 38.1 Å². The number of ether oxygens (including phenoxy) is 1. The third-order valence-corrected chi connectivity index (χ3v) is 5.11. The van der Waals surface area contributed by atoms with Crippen molar-refractivity contribution in [1.29, 1.82) is 0 Å². The average Bonchev–Trinajstić information content (AvgIpc) is 3.25. The molecule has 0 radical (unpaired) electrons. The Bertz CT molecular complexity index is 541. The van der Waals surface area contributed by atoms with Gasteiger partial charge in [0.05, 0.1) is 12.1 Å². The SMILES string of the molecule is CCN1CCN(C(=O)NCC[C@@H]2CCCO2)C[C@H]1c1nccn1C. The summed E-state index contributed by atoms with van der Waals surface area (Å²) in [6, 6.07) is 0.190. The molecule has 2 atom stereocenters. The summed E-state index contributed by atoms with van der Waals surface area (Å²) in [6.45, 7) is 7.00. The van der Waals surface area contributed by atoms with E-state index in [2.05, 4.69) is 22.1 Å². The second-order valence-electron chi connectivity index (χ2n) is 6.64. The molecule has 7 heteroatoms. The summed E-state index contributed by atoms with van der Waals surface area (Å²) in [5, 5.41) is 3.05. The van der Waals surface area contributed by atoms with E-state index in [-0.39, 0.29) is 12.1 Å². The lowest BCUT2D eigenvalue weighted by Gasteiger charge is -2.40. The van der Waals surface area contributed by atoms with Gasteiger partial charge in [0.1, 0.15) is 5.82 Å². The Morgan fingerprint density at radius 3 is 3.00 bits per heavy atom. The Morgan fingerprint density at radius 2 is 2.33 bits per heavy atom. The van der Waals surface area contributed by atoms with Gasteiger partial charge in [0.15, 0.2) is 0 Å². The molecule has 3 heterocycles. The van der Waals surface area contributed by atoms with Crippen LogP contribution in [0, 0.1) is 0 Å². The van der Waals surface area contributed by atoms with E-state index in [1.807, 2.05) is 28.9 Å². The molecule has 2 fully saturated rings. The number of urea groups is 1. The van der Waals surface area contributed by atoms with Crippen molar-refractivity contribution in [2.24, 2.45) is 7.05 Å². The van der Waals surface area contributed by atoms with E-state index in [1.54, 1.807) is 0 Å². The van der Waals surface area contributed by atoms with E-state index in [1.165, 1.54) is 0 Å². The molecule has 7 nitrogen and oxygen atoms in total. The van der Waals surface area contributed by atoms with Gasteiger partial charge in [-0.2, -0.15) is 0 Å². The molecule has 0 bridgehead atoms. The maximum Gasteiger partial charge on any atom is 0.317 e. The van der Waals surface area contributed by atoms with Crippen LogP contribution < -0.4 is 5.32 Å². The number of rotatable bonds is 5. The van der Waals surface area contributed by atoms with Gasteiger partial charge in [-0.3, -0.25) is 4.90 Å². The van der Waals surface area contributed by atoms with Crippen LogP contribution >= 0.6 is 0 Å². The molecule has 1 aromatic rings. The molecular formula is C17H29N5O2. The predicted octanol–water partition coefficient (Wildman–Crippen LogP) is 1.38. The van der Waals surface area contributed by atoms with Crippen molar-refractivity contribution in [3.8, 4) is 0 Å². The molecular weight excluding hydrogens is 306 g/mol. The summed E-state index contributed by atoms with van der Waals surface area (Å²) >= 11 is 0. The normalized spacial score (nSPS) is 25.2. The monoisotopic (exact) mass is 335 g/mol. The number of carbonyl (C=O) groups is 1. The number of carbonyl (C=O) groups excluding carboxylic acids is 1. The highest BCUT2D eigenvalue weighted by atomic mass is 16.5. The van der Waals surface area contributed by atoms with Gasteiger partial charge < -0.3 is 19.5 Å². The highest BCUT2D eigenvalue weighted by Gasteiger charge is 2.31. The fourth-order valence-electron chi connectivity index (χ4n) is 3.65. The first-order valence-electron chi connectivity index (χ1n) is 9.04. The Labute approximate surface area is 144 Å². The van der Waals surface area contributed by atoms with Crippen molar-refractivity contribution in [2.45, 2.75) is 38.3 Å². The molecule has 134 valence electrons. The molecule has 0 saturated carbocycles. The van der Waals surface area contributed by atoms with E-state index >= 15 is 0 Å². The van der Waals surface area contributed by atoms with Crippen molar-refractivity contribution in [2.75, 3.05) is 39.3 Å². The smallest absolute Gasteiger partial charge is 0.317 e. The van der Waals surface area contributed by atoms with Gasteiger partial charge in [0, 0.05) is 52.2 Å². The number of hydrogen-bond acceptors (Lipinski definition) is 4. The molecule has 1 aromatic heterocycles. The van der Waals surface area contributed by atoms with Crippen LogP contribution in [0.3, 0.4) is 0 Å². The van der Waals surface area contributed by atoms with Gasteiger partial charge in [-0.1, -0.05) is 6.92 Å². The number of aryl methyl sites for hydroxylation is 1. The van der Waals surface area contributed by atoms with E-state index in [0.717, 1.165) is 51.3 Å². The van der Waals surface area contributed by atoms with Gasteiger partial charge >= 0.3 is 6.03 Å². The molecule has 2 saturated heterocycles. The first-order valence-corrected chi connectivity index (χ1v) is 9.04. The first-order chi connectivity index (χ1) is 11.7. The first kappa shape index (κ1) is 17.2. The van der Waals surface area contributed by atoms with Crippen molar-refractivity contribution in [3.63, 3.8) is 0 Å². The molecule has 0 unspecified atom stereocenters. The van der Waals surface area contributed by atoms with Crippen molar-refractivity contribution in [1.82, 2.24) is 24.7 Å². The lowest BCUT2D eigenvalue weighted by Crippen LogP contribution is -2.53. The van der Waals surface area contributed by atoms with Gasteiger partial charge in [-0.25, -0.2) is 9.78 Å². The molecule has 0 aromatic carbocycles. The maximum absolute atomic E-state index is 12.5. The van der Waals surface area contributed by atoms with Crippen LogP contribution in [0.25, 0.3) is 0 Å². The largest absolute Gasteiger partial charge is 0.378 e. The van der Waals surface area contributed by atoms with Crippen LogP contribution in [0.15, 0.2) is 12.4 Å². The number of aromatic nitrogens is 2. The zero-order valence-corrected chi connectivity index (χ0v) is 14.8. The van der Waals surface area contributed by atoms with Crippen molar-refractivity contribution < 1.29 is 9.53 Å². The fourth-order valence-corrected chi connectivity index (χ4v) is 3.65. The van der Waals surface area contributed by atoms with E-state index < -0.39 is 0 Å². The number of hydrogen-bond donors (Lipinski definition) is 1. The summed E-state index contributed by atoms with van der Waals surface area (Å²) in [5.74, 6) is 1.02. The highest BCUT2D eigenvalue weighted by molar-refractivity contribution is 5.74. The number of piperazine rings is 1. The minimum atomic E-state index is 0.0305. The van der Waals surface area contributed by atoms with Gasteiger partial charge in [-0.05, 0) is 25.8 Å². The molecule has 3 rings (SSSR count). The number of amides is 2. The summed E-state index contributed by atoms with van der Waals surface area (Å²) in [4.78, 5) is 21.3. The molecule has 24 heavy (non-hydrogen) atoms. The quantitative estimate of drug-likeness (QED) is 0.883. The summed E-state index contributed by atoms with van der Waals surface area (Å²) in [7, 11) is 2.01. The Kier molecular flexibility index (Phi) is 5.73. The topological polar surface area (TPSA) is 62.6 Å².